The first-order valence-electron chi connectivity index (χ1n) is 16.5. The van der Waals surface area contributed by atoms with Crippen molar-refractivity contribution in [1.29, 1.82) is 0 Å². The number of hydrogen-bond acceptors (Lipinski definition) is 0. The summed E-state index contributed by atoms with van der Waals surface area (Å²) in [6, 6.07) is 14.1. The van der Waals surface area contributed by atoms with Crippen LogP contribution >= 0.6 is 0 Å². The van der Waals surface area contributed by atoms with Gasteiger partial charge in [-0.25, -0.2) is 0 Å². The van der Waals surface area contributed by atoms with E-state index >= 15 is 0 Å². The lowest BCUT2D eigenvalue weighted by molar-refractivity contribution is 0.618. The van der Waals surface area contributed by atoms with Crippen molar-refractivity contribution in [2.75, 3.05) is 0 Å². The van der Waals surface area contributed by atoms with Gasteiger partial charge in [-0.15, -0.1) is 0 Å². The molecule has 0 heterocycles. The minimum absolute atomic E-state index is 0.273. The van der Waals surface area contributed by atoms with E-state index in [4.69, 9.17) is 6.58 Å². The minimum atomic E-state index is 0.273. The molecule has 2 aromatic rings. The second-order valence-electron chi connectivity index (χ2n) is 12.9. The summed E-state index contributed by atoms with van der Waals surface area (Å²) < 4.78 is 0. The highest BCUT2D eigenvalue weighted by Gasteiger charge is 2.41. The molecule has 0 spiro atoms. The highest BCUT2D eigenvalue weighted by Crippen LogP contribution is 2.55. The predicted octanol–water partition coefficient (Wildman–Crippen LogP) is 12.0. The summed E-state index contributed by atoms with van der Waals surface area (Å²) in [5, 5.41) is 0. The largest absolute Gasteiger partial charge is 0.0955 e. The Morgan fingerprint density at radius 2 is 1.65 bits per heavy atom. The first-order valence-corrected chi connectivity index (χ1v) is 16.5. The first-order chi connectivity index (χ1) is 20.7. The molecule has 1 saturated carbocycles. The summed E-state index contributed by atoms with van der Waals surface area (Å²) >= 11 is 0. The van der Waals surface area contributed by atoms with Crippen molar-refractivity contribution >= 4 is 11.1 Å². The molecule has 5 rings (SSSR count). The van der Waals surface area contributed by atoms with Crippen molar-refractivity contribution in [2.24, 2.45) is 5.92 Å². The van der Waals surface area contributed by atoms with Gasteiger partial charge >= 0.3 is 0 Å². The summed E-state index contributed by atoms with van der Waals surface area (Å²) in [6.07, 6.45) is 16.8. The molecule has 3 aliphatic carbocycles. The van der Waals surface area contributed by atoms with E-state index in [1.54, 1.807) is 0 Å². The van der Waals surface area contributed by atoms with Crippen molar-refractivity contribution < 1.29 is 0 Å². The van der Waals surface area contributed by atoms with Gasteiger partial charge in [0.1, 0.15) is 0 Å². The zero-order valence-corrected chi connectivity index (χ0v) is 27.5. The zero-order chi connectivity index (χ0) is 30.8. The van der Waals surface area contributed by atoms with Gasteiger partial charge in [0.15, 0.2) is 0 Å². The number of allylic oxidation sites excluding steroid dienone is 13. The molecule has 0 aromatic heterocycles. The van der Waals surface area contributed by atoms with Crippen LogP contribution in [0.3, 0.4) is 0 Å². The van der Waals surface area contributed by atoms with Gasteiger partial charge in [0, 0.05) is 11.8 Å². The van der Waals surface area contributed by atoms with E-state index in [1.807, 2.05) is 0 Å². The Hall–Kier alpha value is -3.64. The molecule has 0 saturated heterocycles. The van der Waals surface area contributed by atoms with Crippen LogP contribution in [0.1, 0.15) is 107 Å². The Labute approximate surface area is 261 Å². The summed E-state index contributed by atoms with van der Waals surface area (Å²) in [4.78, 5) is 0. The lowest BCUT2D eigenvalue weighted by atomic mass is 9.68. The van der Waals surface area contributed by atoms with Gasteiger partial charge in [0.2, 0.25) is 0 Å². The van der Waals surface area contributed by atoms with E-state index < -0.39 is 0 Å². The van der Waals surface area contributed by atoms with Crippen LogP contribution < -0.4 is 0 Å². The van der Waals surface area contributed by atoms with E-state index in [9.17, 15) is 0 Å². The minimum Gasteiger partial charge on any atom is -0.0955 e. The molecule has 0 radical (unpaired) electrons. The molecule has 2 aromatic carbocycles. The number of hydrogen-bond donors (Lipinski definition) is 0. The van der Waals surface area contributed by atoms with Crippen LogP contribution in [0.15, 0.2) is 119 Å². The molecule has 0 heteroatoms. The second-order valence-corrected chi connectivity index (χ2v) is 12.9. The molecule has 0 bridgehead atoms. The summed E-state index contributed by atoms with van der Waals surface area (Å²) in [5.74, 6) is 0.567. The monoisotopic (exact) mass is 566 g/mol. The molecule has 0 amide bonds. The lowest BCUT2D eigenvalue weighted by Gasteiger charge is -2.35. The SMILES string of the molecule is C=C(CCC)C1=C(C)C=C2C/C(=C\C3=CC=C(c4ccc(CC)cc4C(=C)C)C3)C(=C)C2C1c1ccc(CC)c(CC)c1. The lowest BCUT2D eigenvalue weighted by Crippen LogP contribution is -2.21. The van der Waals surface area contributed by atoms with E-state index in [-0.39, 0.29) is 5.92 Å². The third-order valence-corrected chi connectivity index (χ3v) is 9.89. The van der Waals surface area contributed by atoms with E-state index in [0.717, 1.165) is 50.5 Å². The summed E-state index contributed by atoms with van der Waals surface area (Å²) in [7, 11) is 0. The first kappa shape index (κ1) is 30.8. The maximum atomic E-state index is 4.80. The fourth-order valence-corrected chi connectivity index (χ4v) is 7.64. The molecule has 2 unspecified atom stereocenters. The van der Waals surface area contributed by atoms with Crippen LogP contribution in [0.2, 0.25) is 0 Å². The number of rotatable bonds is 10. The van der Waals surface area contributed by atoms with Crippen molar-refractivity contribution in [3.05, 3.63) is 153 Å². The molecule has 2 atom stereocenters. The second kappa shape index (κ2) is 12.9. The standard InChI is InChI=1S/C43H50/c1-10-14-28(7)41-29(8)21-38-26-37(30(9)42(38)43(41)36-19-18-33(12-3)34(13-4)25-36)23-32-15-17-35(22-32)39-20-16-31(11-2)24-40(39)27(5)6/h15-21,23-25,42-43H,5,7,9-14,22,26H2,1-4,6,8H3/b37-23+. The molecular formula is C43H50. The van der Waals surface area contributed by atoms with Crippen molar-refractivity contribution in [2.45, 2.75) is 92.4 Å². The van der Waals surface area contributed by atoms with Gasteiger partial charge in [-0.1, -0.05) is 131 Å². The smallest absolute Gasteiger partial charge is 0.0201 e. The average molecular weight is 567 g/mol. The van der Waals surface area contributed by atoms with Crippen LogP contribution in [0.25, 0.3) is 11.1 Å². The normalized spacial score (nSPS) is 20.7. The Morgan fingerprint density at radius 1 is 0.884 bits per heavy atom. The van der Waals surface area contributed by atoms with Gasteiger partial charge in [0.05, 0.1) is 0 Å². The van der Waals surface area contributed by atoms with Crippen LogP contribution in [0, 0.1) is 5.92 Å². The fraction of sp³-hybridized carbons (Fsp3) is 0.349. The highest BCUT2D eigenvalue weighted by molar-refractivity contribution is 5.82. The molecule has 43 heavy (non-hydrogen) atoms. The Morgan fingerprint density at radius 3 is 2.33 bits per heavy atom. The van der Waals surface area contributed by atoms with Gasteiger partial charge in [0.25, 0.3) is 0 Å². The van der Waals surface area contributed by atoms with Crippen molar-refractivity contribution in [1.82, 2.24) is 0 Å². The van der Waals surface area contributed by atoms with E-state index in [2.05, 4.69) is 115 Å². The predicted molar refractivity (Wildman–Crippen MR) is 189 cm³/mol. The topological polar surface area (TPSA) is 0 Å². The molecule has 3 aliphatic rings. The number of fused-ring (bicyclic) bond motifs is 1. The maximum Gasteiger partial charge on any atom is 0.0201 e. The van der Waals surface area contributed by atoms with Crippen molar-refractivity contribution in [3.8, 4) is 0 Å². The summed E-state index contributed by atoms with van der Waals surface area (Å²) in [5.41, 5.74) is 20.5. The van der Waals surface area contributed by atoms with Gasteiger partial charge in [-0.3, -0.25) is 0 Å². The number of benzene rings is 2. The van der Waals surface area contributed by atoms with E-state index in [0.29, 0.717) is 5.92 Å². The third-order valence-electron chi connectivity index (χ3n) is 9.89. The Balaban J connectivity index is 1.47. The van der Waals surface area contributed by atoms with E-state index in [1.165, 1.54) is 78.0 Å². The molecule has 0 nitrogen and oxygen atoms in total. The maximum absolute atomic E-state index is 4.80. The molecule has 1 fully saturated rings. The zero-order valence-electron chi connectivity index (χ0n) is 27.5. The fourth-order valence-electron chi connectivity index (χ4n) is 7.64. The van der Waals surface area contributed by atoms with Crippen LogP contribution in [-0.2, 0) is 19.3 Å². The number of aryl methyl sites for hydroxylation is 3. The Bertz CT molecular complexity index is 1640. The average Bonchev–Trinajstić information content (AvgIpc) is 3.59. The molecular weight excluding hydrogens is 516 g/mol. The highest BCUT2D eigenvalue weighted by atomic mass is 14.4. The Kier molecular flexibility index (Phi) is 9.26. The van der Waals surface area contributed by atoms with Gasteiger partial charge in [-0.2, -0.15) is 0 Å². The molecule has 0 aliphatic heterocycles. The van der Waals surface area contributed by atoms with Crippen LogP contribution in [0.4, 0.5) is 0 Å². The van der Waals surface area contributed by atoms with Crippen molar-refractivity contribution in [3.63, 3.8) is 0 Å². The van der Waals surface area contributed by atoms with Gasteiger partial charge in [-0.05, 0) is 119 Å². The third kappa shape index (κ3) is 5.95. The molecule has 222 valence electrons. The van der Waals surface area contributed by atoms with Crippen LogP contribution in [0.5, 0.6) is 0 Å². The quantitative estimate of drug-likeness (QED) is 0.268. The van der Waals surface area contributed by atoms with Gasteiger partial charge < -0.3 is 0 Å². The van der Waals surface area contributed by atoms with Crippen LogP contribution in [-0.4, -0.2) is 0 Å². The summed E-state index contributed by atoms with van der Waals surface area (Å²) in [6.45, 7) is 27.2. The molecule has 0 N–H and O–H groups in total.